The number of methoxy groups -OCH3 is 1. The molecular weight excluding hydrogens is 424 g/mol. The number of amides is 1. The Morgan fingerprint density at radius 2 is 1.81 bits per heavy atom. The second-order valence-electron chi connectivity index (χ2n) is 7.44. The van der Waals surface area contributed by atoms with Crippen LogP contribution in [0.2, 0.25) is 0 Å². The lowest BCUT2D eigenvalue weighted by atomic mass is 9.97. The van der Waals surface area contributed by atoms with E-state index in [2.05, 4.69) is 4.98 Å². The molecule has 2 heterocycles. The minimum Gasteiger partial charge on any atom is -0.496 e. The summed E-state index contributed by atoms with van der Waals surface area (Å²) in [6, 6.07) is 19.1. The number of para-hydroxylation sites is 1. The number of fused-ring (bicyclic) bond motifs is 4. The van der Waals surface area contributed by atoms with E-state index in [-0.39, 0.29) is 11.5 Å². The van der Waals surface area contributed by atoms with Crippen LogP contribution >= 0.6 is 11.8 Å². The van der Waals surface area contributed by atoms with Crippen LogP contribution in [0.5, 0.6) is 5.75 Å². The molecule has 1 aromatic heterocycles. The second-order valence-corrected chi connectivity index (χ2v) is 8.23. The van der Waals surface area contributed by atoms with Crippen molar-refractivity contribution in [2.45, 2.75) is 18.2 Å². The lowest BCUT2D eigenvalue weighted by Crippen LogP contribution is -2.60. The van der Waals surface area contributed by atoms with Gasteiger partial charge in [0.1, 0.15) is 5.75 Å². The minimum absolute atomic E-state index is 0.145. The molecule has 0 saturated heterocycles. The van der Waals surface area contributed by atoms with E-state index in [1.807, 2.05) is 66.9 Å². The summed E-state index contributed by atoms with van der Waals surface area (Å²) < 4.78 is 7.23. The van der Waals surface area contributed by atoms with Crippen LogP contribution in [0.25, 0.3) is 22.0 Å². The highest BCUT2D eigenvalue weighted by atomic mass is 32.2. The Morgan fingerprint density at radius 3 is 2.53 bits per heavy atom. The predicted octanol–water partition coefficient (Wildman–Crippen LogP) is 3.52. The highest BCUT2D eigenvalue weighted by Crippen LogP contribution is 2.40. The number of aromatic amines is 1. The molecule has 160 valence electrons. The normalized spacial score (nSPS) is 14.7. The van der Waals surface area contributed by atoms with E-state index in [0.29, 0.717) is 22.1 Å². The van der Waals surface area contributed by atoms with Crippen LogP contribution in [0.3, 0.4) is 0 Å². The summed E-state index contributed by atoms with van der Waals surface area (Å²) in [7, 11) is 1.63. The maximum Gasteiger partial charge on any atom is 0.325 e. The summed E-state index contributed by atoms with van der Waals surface area (Å²) in [6.07, 6.45) is 1.21. The molecular formula is C24H21N4O3S+. The fourth-order valence-corrected chi connectivity index (χ4v) is 4.75. The molecule has 1 N–H and O–H groups in total. The number of benzene rings is 3. The number of nitrogens with zero attached hydrogens (tertiary/aromatic N) is 3. The number of thioether (sulfide) groups is 1. The molecule has 0 saturated carbocycles. The Bertz CT molecular complexity index is 1430. The van der Waals surface area contributed by atoms with Gasteiger partial charge in [0.05, 0.1) is 23.9 Å². The smallest absolute Gasteiger partial charge is 0.325 e. The highest BCUT2D eigenvalue weighted by molar-refractivity contribution is 7.98. The van der Waals surface area contributed by atoms with Gasteiger partial charge in [0, 0.05) is 17.4 Å². The van der Waals surface area contributed by atoms with E-state index in [4.69, 9.17) is 9.84 Å². The van der Waals surface area contributed by atoms with Crippen LogP contribution in [0.1, 0.15) is 18.7 Å². The van der Waals surface area contributed by atoms with Crippen LogP contribution in [0.15, 0.2) is 70.6 Å². The number of hydrogen-bond donors (Lipinski definition) is 1. The molecule has 0 radical (unpaired) electrons. The van der Waals surface area contributed by atoms with Gasteiger partial charge in [-0.15, -0.1) is 0 Å². The Hall–Kier alpha value is -3.65. The van der Waals surface area contributed by atoms with Crippen molar-refractivity contribution >= 4 is 34.1 Å². The molecule has 32 heavy (non-hydrogen) atoms. The lowest BCUT2D eigenvalue weighted by Gasteiger charge is -2.31. The topological polar surface area (TPSA) is 79.2 Å². The third kappa shape index (κ3) is 2.98. The lowest BCUT2D eigenvalue weighted by molar-refractivity contribution is -0.762. The van der Waals surface area contributed by atoms with E-state index >= 15 is 0 Å². The molecule has 7 nitrogen and oxygen atoms in total. The molecule has 1 aliphatic rings. The first-order chi connectivity index (χ1) is 15.5. The molecule has 3 aromatic carbocycles. The fraction of sp³-hybridized carbons (Fsp3) is 0.167. The Kier molecular flexibility index (Phi) is 4.94. The van der Waals surface area contributed by atoms with Crippen LogP contribution in [0.4, 0.5) is 5.69 Å². The van der Waals surface area contributed by atoms with Gasteiger partial charge < -0.3 is 4.74 Å². The minimum atomic E-state index is -0.638. The SMILES string of the molecule is COc1ccc([C@H]2N(C(C)=O)c3ccccc3-c3c(=O)[nH]c(SC)n[n+]32)c2ccccc12. The number of rotatable bonds is 3. The van der Waals surface area contributed by atoms with Gasteiger partial charge in [-0.1, -0.05) is 48.2 Å². The number of ether oxygens (including phenoxy) is 1. The van der Waals surface area contributed by atoms with E-state index in [1.165, 1.54) is 18.7 Å². The second kappa shape index (κ2) is 7.80. The maximum absolute atomic E-state index is 13.2. The Labute approximate surface area is 188 Å². The van der Waals surface area contributed by atoms with E-state index < -0.39 is 6.17 Å². The summed E-state index contributed by atoms with van der Waals surface area (Å²) >= 11 is 1.34. The van der Waals surface area contributed by atoms with Gasteiger partial charge in [-0.2, -0.15) is 0 Å². The predicted molar refractivity (Wildman–Crippen MR) is 124 cm³/mol. The molecule has 0 aliphatic carbocycles. The van der Waals surface area contributed by atoms with Crippen molar-refractivity contribution in [3.05, 3.63) is 76.6 Å². The van der Waals surface area contributed by atoms with Gasteiger partial charge in [-0.3, -0.25) is 14.6 Å². The third-order valence-corrected chi connectivity index (χ3v) is 6.28. The maximum atomic E-state index is 13.2. The number of H-pyrrole nitrogens is 1. The first-order valence-corrected chi connectivity index (χ1v) is 11.3. The zero-order valence-corrected chi connectivity index (χ0v) is 18.6. The summed E-state index contributed by atoms with van der Waals surface area (Å²) in [5, 5.41) is 7.05. The number of anilines is 1. The summed E-state index contributed by atoms with van der Waals surface area (Å²) in [6.45, 7) is 1.53. The average Bonchev–Trinajstić information content (AvgIpc) is 2.82. The average molecular weight is 446 g/mol. The molecule has 4 aromatic rings. The standard InChI is InChI=1S/C24H20N4O3S/c1-14(29)27-19-11-7-6-10-18(19)21-22(30)25-24(32-3)26-28(21)23(27)17-12-13-20(31-2)16-9-5-4-8-15(16)17/h4-13,23H,1-3H3/p+1/t23-/m0/s1. The monoisotopic (exact) mass is 445 g/mol. The molecule has 0 bridgehead atoms. The molecule has 1 amide bonds. The van der Waals surface area contributed by atoms with Crippen LogP contribution in [-0.4, -0.2) is 29.4 Å². The van der Waals surface area contributed by atoms with E-state index in [0.717, 1.165) is 22.1 Å². The van der Waals surface area contributed by atoms with Gasteiger partial charge in [0.15, 0.2) is 0 Å². The van der Waals surface area contributed by atoms with Gasteiger partial charge in [-0.05, 0) is 40.6 Å². The molecule has 1 aliphatic heterocycles. The van der Waals surface area contributed by atoms with Gasteiger partial charge in [0.2, 0.25) is 11.1 Å². The zero-order chi connectivity index (χ0) is 22.4. The number of hydrogen-bond acceptors (Lipinski definition) is 5. The third-order valence-electron chi connectivity index (χ3n) is 5.71. The number of carbonyl (C=O) groups is 1. The van der Waals surface area contributed by atoms with Crippen molar-refractivity contribution in [2.24, 2.45) is 0 Å². The van der Waals surface area contributed by atoms with Crippen LogP contribution in [0, 0.1) is 0 Å². The van der Waals surface area contributed by atoms with Gasteiger partial charge in [0.25, 0.3) is 6.17 Å². The number of carbonyl (C=O) groups excluding carboxylic acids is 1. The Morgan fingerprint density at radius 1 is 1.09 bits per heavy atom. The zero-order valence-electron chi connectivity index (χ0n) is 17.8. The summed E-state index contributed by atoms with van der Waals surface area (Å²) in [5.74, 6) is 0.595. The molecule has 0 spiro atoms. The quantitative estimate of drug-likeness (QED) is 0.386. The summed E-state index contributed by atoms with van der Waals surface area (Å²) in [4.78, 5) is 30.7. The van der Waals surface area contributed by atoms with Crippen molar-refractivity contribution in [2.75, 3.05) is 18.3 Å². The summed E-state index contributed by atoms with van der Waals surface area (Å²) in [5.41, 5.74) is 2.36. The van der Waals surface area contributed by atoms with E-state index in [1.54, 1.807) is 16.7 Å². The van der Waals surface area contributed by atoms with Crippen molar-refractivity contribution < 1.29 is 14.2 Å². The molecule has 0 fully saturated rings. The van der Waals surface area contributed by atoms with Crippen LogP contribution in [-0.2, 0) is 4.79 Å². The van der Waals surface area contributed by atoms with E-state index in [9.17, 15) is 9.59 Å². The Balaban J connectivity index is 1.91. The molecule has 8 heteroatoms. The van der Waals surface area contributed by atoms with Crippen molar-refractivity contribution in [1.29, 1.82) is 0 Å². The number of aromatic nitrogens is 3. The fourth-order valence-electron chi connectivity index (χ4n) is 4.38. The highest BCUT2D eigenvalue weighted by Gasteiger charge is 2.45. The van der Waals surface area contributed by atoms with Crippen LogP contribution < -0.4 is 19.9 Å². The van der Waals surface area contributed by atoms with Gasteiger partial charge in [-0.25, -0.2) is 4.90 Å². The molecule has 0 unspecified atom stereocenters. The van der Waals surface area contributed by atoms with Crippen molar-refractivity contribution in [1.82, 2.24) is 10.1 Å². The first-order valence-electron chi connectivity index (χ1n) is 10.1. The van der Waals surface area contributed by atoms with Crippen molar-refractivity contribution in [3.8, 4) is 17.0 Å². The largest absolute Gasteiger partial charge is 0.496 e. The number of nitrogens with one attached hydrogen (secondary N) is 1. The van der Waals surface area contributed by atoms with Gasteiger partial charge >= 0.3 is 11.3 Å². The molecule has 5 rings (SSSR count). The first kappa shape index (κ1) is 20.3. The molecule has 1 atom stereocenters. The van der Waals surface area contributed by atoms with Crippen molar-refractivity contribution in [3.63, 3.8) is 0 Å².